The van der Waals surface area contributed by atoms with Crippen LogP contribution < -0.4 is 5.43 Å². The molecule has 0 radical (unpaired) electrons. The Hall–Kier alpha value is -1.75. The fourth-order valence-electron chi connectivity index (χ4n) is 1.17. The molecule has 0 saturated heterocycles. The van der Waals surface area contributed by atoms with Crippen LogP contribution in [0.4, 0.5) is 5.82 Å². The summed E-state index contributed by atoms with van der Waals surface area (Å²) in [6.45, 7) is 1.99. The van der Waals surface area contributed by atoms with Crippen molar-refractivity contribution in [2.24, 2.45) is 5.10 Å². The quantitative estimate of drug-likeness (QED) is 0.537. The molecule has 0 aromatic carbocycles. The van der Waals surface area contributed by atoms with Gasteiger partial charge in [0.15, 0.2) is 0 Å². The molecule has 4 nitrogen and oxygen atoms in total. The van der Waals surface area contributed by atoms with E-state index in [1.807, 2.05) is 31.2 Å². The normalized spacial score (nSPS) is 10.7. The first kappa shape index (κ1) is 11.7. The molecular weight excluding hydrogens is 280 g/mol. The monoisotopic (exact) mass is 290 g/mol. The minimum Gasteiger partial charge on any atom is -0.261 e. The van der Waals surface area contributed by atoms with Gasteiger partial charge in [0.25, 0.3) is 0 Å². The van der Waals surface area contributed by atoms with Gasteiger partial charge in [-0.05, 0) is 46.6 Å². The molecule has 0 spiro atoms. The molecule has 0 aliphatic rings. The molecule has 0 aliphatic heterocycles. The van der Waals surface area contributed by atoms with Crippen molar-refractivity contribution in [2.45, 2.75) is 6.92 Å². The van der Waals surface area contributed by atoms with Gasteiger partial charge in [0, 0.05) is 18.0 Å². The molecule has 2 heterocycles. The van der Waals surface area contributed by atoms with Crippen molar-refractivity contribution in [2.75, 3.05) is 5.43 Å². The standard InChI is InChI=1S/C12H11BrN4/c1-9-2-5-12(15-6-9)17-16-8-10-3-4-11(13)14-7-10/h2-8H,1H3,(H,15,17)/b16-8+. The van der Waals surface area contributed by atoms with Crippen molar-refractivity contribution < 1.29 is 0 Å². The lowest BCUT2D eigenvalue weighted by molar-refractivity contribution is 1.20. The Morgan fingerprint density at radius 1 is 1.18 bits per heavy atom. The zero-order chi connectivity index (χ0) is 12.1. The molecule has 1 N–H and O–H groups in total. The van der Waals surface area contributed by atoms with Gasteiger partial charge in [0.2, 0.25) is 0 Å². The minimum atomic E-state index is 0.719. The van der Waals surface area contributed by atoms with E-state index in [1.165, 1.54) is 0 Å². The number of nitrogens with zero attached hydrogens (tertiary/aromatic N) is 3. The molecule has 0 aliphatic carbocycles. The Kier molecular flexibility index (Phi) is 3.82. The Balaban J connectivity index is 1.97. The highest BCUT2D eigenvalue weighted by atomic mass is 79.9. The summed E-state index contributed by atoms with van der Waals surface area (Å²) in [6, 6.07) is 7.65. The third-order valence-electron chi connectivity index (χ3n) is 2.05. The van der Waals surface area contributed by atoms with E-state index in [9.17, 15) is 0 Å². The topological polar surface area (TPSA) is 50.2 Å². The van der Waals surface area contributed by atoms with E-state index in [0.29, 0.717) is 0 Å². The summed E-state index contributed by atoms with van der Waals surface area (Å²) in [7, 11) is 0. The first-order chi connectivity index (χ1) is 8.24. The van der Waals surface area contributed by atoms with Crippen molar-refractivity contribution in [1.82, 2.24) is 9.97 Å². The summed E-state index contributed by atoms with van der Waals surface area (Å²) in [5.74, 6) is 0.719. The largest absolute Gasteiger partial charge is 0.261 e. The second-order valence-electron chi connectivity index (χ2n) is 3.51. The molecule has 5 heteroatoms. The Bertz CT molecular complexity index is 505. The molecule has 0 bridgehead atoms. The summed E-state index contributed by atoms with van der Waals surface area (Å²) >= 11 is 3.28. The van der Waals surface area contributed by atoms with Gasteiger partial charge >= 0.3 is 0 Å². The first-order valence-corrected chi connectivity index (χ1v) is 5.86. The molecule has 0 unspecified atom stereocenters. The van der Waals surface area contributed by atoms with Crippen LogP contribution in [0.25, 0.3) is 0 Å². The van der Waals surface area contributed by atoms with Crippen molar-refractivity contribution in [3.05, 3.63) is 52.4 Å². The lowest BCUT2D eigenvalue weighted by atomic mass is 10.3. The average Bonchev–Trinajstić information content (AvgIpc) is 2.34. The van der Waals surface area contributed by atoms with E-state index in [4.69, 9.17) is 0 Å². The van der Waals surface area contributed by atoms with Crippen LogP contribution in [0.2, 0.25) is 0 Å². The number of aromatic nitrogens is 2. The number of hydrogen-bond donors (Lipinski definition) is 1. The lowest BCUT2D eigenvalue weighted by Crippen LogP contribution is -1.93. The number of hydrazone groups is 1. The lowest BCUT2D eigenvalue weighted by Gasteiger charge is -1.99. The highest BCUT2D eigenvalue weighted by Crippen LogP contribution is 2.05. The van der Waals surface area contributed by atoms with Gasteiger partial charge in [-0.1, -0.05) is 6.07 Å². The molecule has 2 rings (SSSR count). The molecule has 2 aromatic heterocycles. The predicted molar refractivity (Wildman–Crippen MR) is 72.1 cm³/mol. The summed E-state index contributed by atoms with van der Waals surface area (Å²) in [5.41, 5.74) is 4.90. The van der Waals surface area contributed by atoms with Gasteiger partial charge in [-0.25, -0.2) is 9.97 Å². The maximum atomic E-state index is 4.18. The molecular formula is C12H11BrN4. The van der Waals surface area contributed by atoms with Crippen LogP contribution in [-0.4, -0.2) is 16.2 Å². The maximum absolute atomic E-state index is 4.18. The fourth-order valence-corrected chi connectivity index (χ4v) is 1.41. The van der Waals surface area contributed by atoms with Crippen molar-refractivity contribution >= 4 is 28.0 Å². The summed E-state index contributed by atoms with van der Waals surface area (Å²) < 4.78 is 0.808. The summed E-state index contributed by atoms with van der Waals surface area (Å²) in [5, 5.41) is 4.08. The van der Waals surface area contributed by atoms with Crippen LogP contribution in [0.3, 0.4) is 0 Å². The average molecular weight is 291 g/mol. The Morgan fingerprint density at radius 3 is 2.71 bits per heavy atom. The molecule has 0 amide bonds. The summed E-state index contributed by atoms with van der Waals surface area (Å²) in [4.78, 5) is 8.27. The van der Waals surface area contributed by atoms with Gasteiger partial charge < -0.3 is 0 Å². The van der Waals surface area contributed by atoms with Crippen LogP contribution in [0.15, 0.2) is 46.4 Å². The second kappa shape index (κ2) is 5.54. The van der Waals surface area contributed by atoms with Crippen molar-refractivity contribution in [1.29, 1.82) is 0 Å². The maximum Gasteiger partial charge on any atom is 0.146 e. The fraction of sp³-hybridized carbons (Fsp3) is 0.0833. The zero-order valence-electron chi connectivity index (χ0n) is 9.26. The van der Waals surface area contributed by atoms with Crippen LogP contribution >= 0.6 is 15.9 Å². The number of hydrogen-bond acceptors (Lipinski definition) is 4. The smallest absolute Gasteiger partial charge is 0.146 e. The number of nitrogens with one attached hydrogen (secondary N) is 1. The molecule has 0 saturated carbocycles. The van der Waals surface area contributed by atoms with Crippen LogP contribution in [0, 0.1) is 6.92 Å². The zero-order valence-corrected chi connectivity index (χ0v) is 10.8. The molecule has 2 aromatic rings. The minimum absolute atomic E-state index is 0.719. The van der Waals surface area contributed by atoms with E-state index >= 15 is 0 Å². The van der Waals surface area contributed by atoms with E-state index in [0.717, 1.165) is 21.5 Å². The van der Waals surface area contributed by atoms with Gasteiger partial charge in [0.05, 0.1) is 6.21 Å². The van der Waals surface area contributed by atoms with Gasteiger partial charge in [0.1, 0.15) is 10.4 Å². The van der Waals surface area contributed by atoms with E-state index in [2.05, 4.69) is 36.4 Å². The van der Waals surface area contributed by atoms with Crippen molar-refractivity contribution in [3.8, 4) is 0 Å². The second-order valence-corrected chi connectivity index (χ2v) is 4.32. The van der Waals surface area contributed by atoms with Gasteiger partial charge in [-0.3, -0.25) is 5.43 Å². The van der Waals surface area contributed by atoms with E-state index in [-0.39, 0.29) is 0 Å². The number of pyridine rings is 2. The Morgan fingerprint density at radius 2 is 2.06 bits per heavy atom. The third kappa shape index (κ3) is 3.64. The van der Waals surface area contributed by atoms with Crippen LogP contribution in [-0.2, 0) is 0 Å². The van der Waals surface area contributed by atoms with Crippen LogP contribution in [0.5, 0.6) is 0 Å². The SMILES string of the molecule is Cc1ccc(N/N=C/c2ccc(Br)nc2)nc1. The highest BCUT2D eigenvalue weighted by molar-refractivity contribution is 9.10. The molecule has 0 atom stereocenters. The van der Waals surface area contributed by atoms with E-state index < -0.39 is 0 Å². The number of rotatable bonds is 3. The molecule has 86 valence electrons. The first-order valence-electron chi connectivity index (χ1n) is 5.07. The van der Waals surface area contributed by atoms with Gasteiger partial charge in [-0.15, -0.1) is 0 Å². The Labute approximate surface area is 108 Å². The number of aryl methyl sites for hydroxylation is 1. The number of halogens is 1. The van der Waals surface area contributed by atoms with Crippen LogP contribution in [0.1, 0.15) is 11.1 Å². The van der Waals surface area contributed by atoms with Crippen molar-refractivity contribution in [3.63, 3.8) is 0 Å². The highest BCUT2D eigenvalue weighted by Gasteiger charge is 1.91. The number of anilines is 1. The summed E-state index contributed by atoms with van der Waals surface area (Å²) in [6.07, 6.45) is 5.22. The molecule has 0 fully saturated rings. The van der Waals surface area contributed by atoms with Gasteiger partial charge in [-0.2, -0.15) is 5.10 Å². The van der Waals surface area contributed by atoms with E-state index in [1.54, 1.807) is 18.6 Å². The predicted octanol–water partition coefficient (Wildman–Crippen LogP) is 2.99. The molecule has 17 heavy (non-hydrogen) atoms. The third-order valence-corrected chi connectivity index (χ3v) is 2.52.